The van der Waals surface area contributed by atoms with Gasteiger partial charge >= 0.3 is 5.97 Å². The number of aliphatic carboxylic acids is 1. The van der Waals surface area contributed by atoms with E-state index in [0.29, 0.717) is 19.0 Å². The molecule has 0 aromatic carbocycles. The van der Waals surface area contributed by atoms with Crippen molar-refractivity contribution in [2.24, 2.45) is 11.3 Å². The summed E-state index contributed by atoms with van der Waals surface area (Å²) in [4.78, 5) is 23.9. The molecule has 98 valence electrons. The first kappa shape index (κ1) is 14.0. The van der Waals surface area contributed by atoms with Crippen LogP contribution in [0.5, 0.6) is 0 Å². The Morgan fingerprint density at radius 2 is 1.88 bits per heavy atom. The smallest absolute Gasteiger partial charge is 0.312 e. The van der Waals surface area contributed by atoms with E-state index in [2.05, 4.69) is 20.8 Å². The van der Waals surface area contributed by atoms with Gasteiger partial charge in [-0.2, -0.15) is 0 Å². The largest absolute Gasteiger partial charge is 0.481 e. The predicted molar refractivity (Wildman–Crippen MR) is 65.6 cm³/mol. The molecule has 1 N–H and O–H groups in total. The van der Waals surface area contributed by atoms with Crippen molar-refractivity contribution >= 4 is 11.9 Å². The minimum atomic E-state index is -1.04. The van der Waals surface area contributed by atoms with Gasteiger partial charge in [0.05, 0.1) is 0 Å². The lowest BCUT2D eigenvalue weighted by Crippen LogP contribution is -2.33. The van der Waals surface area contributed by atoms with Crippen LogP contribution in [0.15, 0.2) is 0 Å². The van der Waals surface area contributed by atoms with Crippen molar-refractivity contribution in [3.05, 3.63) is 0 Å². The molecule has 1 aliphatic heterocycles. The minimum Gasteiger partial charge on any atom is -0.481 e. The molecule has 1 heterocycles. The molecule has 1 saturated heterocycles. The molecule has 1 rings (SSSR count). The third-order valence-electron chi connectivity index (χ3n) is 3.61. The number of amides is 1. The van der Waals surface area contributed by atoms with Gasteiger partial charge in [-0.3, -0.25) is 9.59 Å². The first-order valence-electron chi connectivity index (χ1n) is 6.30. The Kier molecular flexibility index (Phi) is 4.54. The first-order valence-corrected chi connectivity index (χ1v) is 6.30. The Hall–Kier alpha value is -1.06. The van der Waals surface area contributed by atoms with Crippen molar-refractivity contribution in [1.29, 1.82) is 0 Å². The highest BCUT2D eigenvalue weighted by atomic mass is 16.4. The summed E-state index contributed by atoms with van der Waals surface area (Å²) in [6.07, 6.45) is 2.71. The van der Waals surface area contributed by atoms with E-state index in [1.165, 1.54) is 0 Å². The Morgan fingerprint density at radius 1 is 1.24 bits per heavy atom. The zero-order valence-corrected chi connectivity index (χ0v) is 11.0. The summed E-state index contributed by atoms with van der Waals surface area (Å²) in [6, 6.07) is 0. The van der Waals surface area contributed by atoms with Crippen LogP contribution in [0, 0.1) is 11.3 Å². The van der Waals surface area contributed by atoms with Gasteiger partial charge in [0.2, 0.25) is 5.91 Å². The summed E-state index contributed by atoms with van der Waals surface area (Å²) in [7, 11) is 0. The normalized spacial score (nSPS) is 22.1. The summed E-state index contributed by atoms with van der Waals surface area (Å²) < 4.78 is 0. The number of carboxylic acids is 1. The number of likely N-dealkylation sites (tertiary alicyclic amines) is 1. The van der Waals surface area contributed by atoms with E-state index in [4.69, 9.17) is 5.11 Å². The fraction of sp³-hybridized carbons (Fsp3) is 0.846. The number of rotatable bonds is 2. The van der Waals surface area contributed by atoms with E-state index < -0.39 is 5.97 Å². The average molecular weight is 241 g/mol. The van der Waals surface area contributed by atoms with E-state index in [9.17, 15) is 9.59 Å². The van der Waals surface area contributed by atoms with Crippen molar-refractivity contribution in [3.63, 3.8) is 0 Å². The maximum Gasteiger partial charge on any atom is 0.312 e. The fourth-order valence-corrected chi connectivity index (χ4v) is 2.45. The second kappa shape index (κ2) is 5.52. The molecule has 1 amide bonds. The molecule has 1 unspecified atom stereocenters. The van der Waals surface area contributed by atoms with Crippen molar-refractivity contribution in [2.45, 2.75) is 46.5 Å². The summed E-state index contributed by atoms with van der Waals surface area (Å²) in [6.45, 7) is 8.10. The number of carboxylic acid groups (broad SMARTS) is 1. The van der Waals surface area contributed by atoms with Crippen molar-refractivity contribution in [1.82, 2.24) is 4.90 Å². The van der Waals surface area contributed by atoms with Gasteiger partial charge in [0.15, 0.2) is 0 Å². The van der Waals surface area contributed by atoms with Gasteiger partial charge in [-0.05, 0) is 30.6 Å². The van der Waals surface area contributed by atoms with Gasteiger partial charge in [-0.25, -0.2) is 0 Å². The lowest BCUT2D eigenvalue weighted by Gasteiger charge is -2.29. The monoisotopic (exact) mass is 241 g/mol. The first-order chi connectivity index (χ1) is 7.80. The van der Waals surface area contributed by atoms with E-state index in [-0.39, 0.29) is 17.7 Å². The van der Waals surface area contributed by atoms with Gasteiger partial charge < -0.3 is 10.0 Å². The quantitative estimate of drug-likeness (QED) is 0.753. The molecule has 4 heteroatoms. The molecule has 0 aromatic heterocycles. The van der Waals surface area contributed by atoms with Gasteiger partial charge in [-0.1, -0.05) is 20.8 Å². The minimum absolute atomic E-state index is 0.243. The summed E-state index contributed by atoms with van der Waals surface area (Å²) in [5, 5.41) is 8.62. The number of carbonyl (C=O) groups excluding carboxylic acids is 1. The van der Waals surface area contributed by atoms with Crippen LogP contribution in [0.1, 0.15) is 46.5 Å². The lowest BCUT2D eigenvalue weighted by molar-refractivity contribution is -0.144. The second-order valence-corrected chi connectivity index (χ2v) is 5.95. The van der Waals surface area contributed by atoms with E-state index in [0.717, 1.165) is 19.3 Å². The average Bonchev–Trinajstić information content (AvgIpc) is 2.40. The molecule has 0 bridgehead atoms. The van der Waals surface area contributed by atoms with Crippen LogP contribution >= 0.6 is 0 Å². The van der Waals surface area contributed by atoms with Gasteiger partial charge in [-0.15, -0.1) is 0 Å². The van der Waals surface area contributed by atoms with Crippen LogP contribution in [-0.4, -0.2) is 35.0 Å². The highest BCUT2D eigenvalue weighted by Gasteiger charge is 2.28. The Morgan fingerprint density at radius 3 is 2.41 bits per heavy atom. The Bertz CT molecular complexity index is 294. The van der Waals surface area contributed by atoms with Crippen molar-refractivity contribution in [2.75, 3.05) is 13.1 Å². The molecular weight excluding hydrogens is 218 g/mol. The molecule has 17 heavy (non-hydrogen) atoms. The number of carbonyl (C=O) groups is 2. The van der Waals surface area contributed by atoms with Gasteiger partial charge in [0.25, 0.3) is 0 Å². The zero-order chi connectivity index (χ0) is 13.1. The molecule has 0 aliphatic carbocycles. The van der Waals surface area contributed by atoms with Crippen LogP contribution in [-0.2, 0) is 9.59 Å². The summed E-state index contributed by atoms with van der Waals surface area (Å²) in [5.74, 6) is -0.663. The standard InChI is InChI=1S/C13H23NO3/c1-13(2,3)10-5-4-7-14(8-6-10)11(15)9-12(16)17/h10H,4-9H2,1-3H3,(H,16,17). The molecule has 0 spiro atoms. The van der Waals surface area contributed by atoms with Crippen molar-refractivity contribution in [3.8, 4) is 0 Å². The molecule has 1 atom stereocenters. The maximum atomic E-state index is 11.7. The summed E-state index contributed by atoms with van der Waals surface area (Å²) >= 11 is 0. The maximum absolute atomic E-state index is 11.7. The Labute approximate surface area is 103 Å². The molecule has 0 aromatic rings. The third kappa shape index (κ3) is 4.36. The summed E-state index contributed by atoms with van der Waals surface area (Å²) in [5.41, 5.74) is 0.270. The van der Waals surface area contributed by atoms with Gasteiger partial charge in [0, 0.05) is 13.1 Å². The molecule has 1 aliphatic rings. The van der Waals surface area contributed by atoms with Crippen LogP contribution in [0.3, 0.4) is 0 Å². The van der Waals surface area contributed by atoms with Crippen molar-refractivity contribution < 1.29 is 14.7 Å². The highest BCUT2D eigenvalue weighted by Crippen LogP contribution is 2.34. The fourth-order valence-electron chi connectivity index (χ4n) is 2.45. The van der Waals surface area contributed by atoms with Crippen LogP contribution in [0.25, 0.3) is 0 Å². The molecule has 0 radical (unpaired) electrons. The topological polar surface area (TPSA) is 57.6 Å². The molecule has 1 fully saturated rings. The van der Waals surface area contributed by atoms with Crippen LogP contribution in [0.4, 0.5) is 0 Å². The predicted octanol–water partition coefficient (Wildman–Crippen LogP) is 2.14. The third-order valence-corrected chi connectivity index (χ3v) is 3.61. The molecular formula is C13H23NO3. The van der Waals surface area contributed by atoms with E-state index in [1.807, 2.05) is 0 Å². The number of hydrogen-bond donors (Lipinski definition) is 1. The van der Waals surface area contributed by atoms with Crippen LogP contribution in [0.2, 0.25) is 0 Å². The highest BCUT2D eigenvalue weighted by molar-refractivity contribution is 5.93. The molecule has 0 saturated carbocycles. The number of nitrogens with zero attached hydrogens (tertiary/aromatic N) is 1. The second-order valence-electron chi connectivity index (χ2n) is 5.95. The zero-order valence-electron chi connectivity index (χ0n) is 11.0. The lowest BCUT2D eigenvalue weighted by atomic mass is 9.77. The number of hydrogen-bond acceptors (Lipinski definition) is 2. The van der Waals surface area contributed by atoms with E-state index in [1.54, 1.807) is 4.90 Å². The van der Waals surface area contributed by atoms with Crippen LogP contribution < -0.4 is 0 Å². The van der Waals surface area contributed by atoms with Gasteiger partial charge in [0.1, 0.15) is 6.42 Å². The SMILES string of the molecule is CC(C)(C)C1CCCN(C(=O)CC(=O)O)CC1. The molecule has 4 nitrogen and oxygen atoms in total. The van der Waals surface area contributed by atoms with E-state index >= 15 is 0 Å². The Balaban J connectivity index is 2.53.